The number of H-pyrrole nitrogens is 1. The van der Waals surface area contributed by atoms with Crippen molar-refractivity contribution >= 4 is 35.1 Å². The van der Waals surface area contributed by atoms with Crippen molar-refractivity contribution in [2.24, 2.45) is 25.9 Å². The standard InChI is InChI=1S/C17H26N4OS2/c1-4-11-6-5-7-12(9-8-11)10-24-16-18-13-14(19-16)20(2)17(22)21(3)15(13)23/h11-12H,4-10H2,1-3H3,(H,18,19). The molecule has 2 heterocycles. The molecule has 1 aliphatic carbocycles. The monoisotopic (exact) mass is 366 g/mol. The molecule has 0 bridgehead atoms. The molecule has 0 aliphatic heterocycles. The van der Waals surface area contributed by atoms with Crippen LogP contribution in [0.2, 0.25) is 0 Å². The molecule has 0 radical (unpaired) electrons. The Kier molecular flexibility index (Phi) is 5.49. The highest BCUT2D eigenvalue weighted by atomic mass is 32.2. The first kappa shape index (κ1) is 17.7. The molecular weight excluding hydrogens is 340 g/mol. The van der Waals surface area contributed by atoms with Gasteiger partial charge in [-0.1, -0.05) is 56.6 Å². The highest BCUT2D eigenvalue weighted by molar-refractivity contribution is 7.99. The first-order valence-corrected chi connectivity index (χ1v) is 10.2. The predicted octanol–water partition coefficient (Wildman–Crippen LogP) is 4.03. The summed E-state index contributed by atoms with van der Waals surface area (Å²) in [7, 11) is 3.44. The van der Waals surface area contributed by atoms with Gasteiger partial charge in [0.05, 0.1) is 0 Å². The lowest BCUT2D eigenvalue weighted by Crippen LogP contribution is -2.27. The zero-order chi connectivity index (χ0) is 17.3. The molecule has 132 valence electrons. The van der Waals surface area contributed by atoms with Gasteiger partial charge in [-0.15, -0.1) is 0 Å². The van der Waals surface area contributed by atoms with Crippen molar-refractivity contribution in [3.05, 3.63) is 15.1 Å². The van der Waals surface area contributed by atoms with E-state index in [0.29, 0.717) is 10.3 Å². The molecule has 0 aromatic carbocycles. The number of imidazole rings is 1. The number of aryl methyl sites for hydroxylation is 1. The largest absolute Gasteiger partial charge is 0.330 e. The molecular formula is C17H26N4OS2. The van der Waals surface area contributed by atoms with Crippen molar-refractivity contribution in [3.8, 4) is 0 Å². The van der Waals surface area contributed by atoms with E-state index in [1.807, 2.05) is 0 Å². The molecule has 1 fully saturated rings. The van der Waals surface area contributed by atoms with E-state index in [4.69, 9.17) is 12.2 Å². The van der Waals surface area contributed by atoms with E-state index in [1.165, 1.54) is 43.1 Å². The molecule has 2 aromatic rings. The van der Waals surface area contributed by atoms with Gasteiger partial charge < -0.3 is 4.98 Å². The molecule has 1 aliphatic rings. The van der Waals surface area contributed by atoms with Gasteiger partial charge in [-0.25, -0.2) is 9.78 Å². The zero-order valence-electron chi connectivity index (χ0n) is 14.7. The summed E-state index contributed by atoms with van der Waals surface area (Å²) >= 11 is 7.14. The lowest BCUT2D eigenvalue weighted by atomic mass is 9.97. The average molecular weight is 367 g/mol. The molecule has 2 unspecified atom stereocenters. The molecule has 1 saturated carbocycles. The van der Waals surface area contributed by atoms with Gasteiger partial charge in [0.1, 0.15) is 10.2 Å². The molecule has 3 rings (SSSR count). The van der Waals surface area contributed by atoms with Crippen LogP contribution in [0.15, 0.2) is 9.95 Å². The maximum Gasteiger partial charge on any atom is 0.330 e. The Morgan fingerprint density at radius 2 is 1.92 bits per heavy atom. The molecule has 2 aromatic heterocycles. The summed E-state index contributed by atoms with van der Waals surface area (Å²) in [6, 6.07) is 0. The van der Waals surface area contributed by atoms with Crippen LogP contribution in [-0.2, 0) is 14.1 Å². The summed E-state index contributed by atoms with van der Waals surface area (Å²) < 4.78 is 3.57. The second kappa shape index (κ2) is 7.44. The Hall–Kier alpha value is -1.08. The lowest BCUT2D eigenvalue weighted by molar-refractivity contribution is 0.436. The van der Waals surface area contributed by atoms with Crippen molar-refractivity contribution < 1.29 is 0 Å². The van der Waals surface area contributed by atoms with Crippen molar-refractivity contribution in [1.29, 1.82) is 0 Å². The summed E-state index contributed by atoms with van der Waals surface area (Å²) in [5.74, 6) is 2.77. The molecule has 2 atom stereocenters. The molecule has 24 heavy (non-hydrogen) atoms. The number of aromatic amines is 1. The fourth-order valence-corrected chi connectivity index (χ4v) is 4.87. The van der Waals surface area contributed by atoms with Crippen LogP contribution in [-0.4, -0.2) is 24.9 Å². The van der Waals surface area contributed by atoms with Gasteiger partial charge >= 0.3 is 5.69 Å². The molecule has 0 amide bonds. The van der Waals surface area contributed by atoms with Crippen LogP contribution in [0.5, 0.6) is 0 Å². The van der Waals surface area contributed by atoms with E-state index >= 15 is 0 Å². The highest BCUT2D eigenvalue weighted by Crippen LogP contribution is 2.32. The Balaban J connectivity index is 1.75. The average Bonchev–Trinajstić information content (AvgIpc) is 2.88. The molecule has 0 saturated heterocycles. The van der Waals surface area contributed by atoms with E-state index in [1.54, 1.807) is 30.4 Å². The number of rotatable bonds is 4. The van der Waals surface area contributed by atoms with Crippen LogP contribution < -0.4 is 5.69 Å². The van der Waals surface area contributed by atoms with Gasteiger partial charge in [-0.05, 0) is 24.7 Å². The van der Waals surface area contributed by atoms with Crippen LogP contribution in [0, 0.1) is 16.5 Å². The van der Waals surface area contributed by atoms with Crippen LogP contribution >= 0.6 is 24.0 Å². The van der Waals surface area contributed by atoms with E-state index in [0.717, 1.165) is 28.3 Å². The lowest BCUT2D eigenvalue weighted by Gasteiger charge is -2.13. The summed E-state index contributed by atoms with van der Waals surface area (Å²) in [5, 5.41) is 0.869. The minimum atomic E-state index is -0.134. The van der Waals surface area contributed by atoms with E-state index in [2.05, 4.69) is 16.9 Å². The van der Waals surface area contributed by atoms with Gasteiger partial charge in [0.25, 0.3) is 0 Å². The number of fused-ring (bicyclic) bond motifs is 1. The SMILES string of the molecule is CCC1CCCC(CSc2nc3c([nH]2)c(=S)n(C)c(=O)n3C)CC1. The minimum Gasteiger partial charge on any atom is -0.329 e. The molecule has 5 nitrogen and oxygen atoms in total. The zero-order valence-corrected chi connectivity index (χ0v) is 16.3. The first-order chi connectivity index (χ1) is 11.5. The maximum atomic E-state index is 12.1. The number of nitrogens with one attached hydrogen (secondary N) is 1. The Labute approximate surface area is 151 Å². The summed E-state index contributed by atoms with van der Waals surface area (Å²) in [4.78, 5) is 20.0. The first-order valence-electron chi connectivity index (χ1n) is 8.79. The van der Waals surface area contributed by atoms with Gasteiger partial charge in [-0.2, -0.15) is 0 Å². The van der Waals surface area contributed by atoms with Gasteiger partial charge in [0.15, 0.2) is 10.8 Å². The van der Waals surface area contributed by atoms with Crippen LogP contribution in [0.3, 0.4) is 0 Å². The van der Waals surface area contributed by atoms with Gasteiger partial charge in [0, 0.05) is 19.8 Å². The highest BCUT2D eigenvalue weighted by Gasteiger charge is 2.19. The number of thioether (sulfide) groups is 1. The maximum absolute atomic E-state index is 12.1. The third-order valence-corrected chi connectivity index (χ3v) is 6.90. The van der Waals surface area contributed by atoms with Crippen molar-refractivity contribution in [3.63, 3.8) is 0 Å². The number of aromatic nitrogens is 4. The number of nitrogens with zero attached hydrogens (tertiary/aromatic N) is 3. The van der Waals surface area contributed by atoms with Crippen LogP contribution in [0.25, 0.3) is 11.2 Å². The summed E-state index contributed by atoms with van der Waals surface area (Å²) in [6.45, 7) is 2.31. The van der Waals surface area contributed by atoms with Crippen molar-refractivity contribution in [1.82, 2.24) is 19.1 Å². The molecule has 1 N–H and O–H groups in total. The third kappa shape index (κ3) is 3.47. The molecule has 0 spiro atoms. The third-order valence-electron chi connectivity index (χ3n) is 5.31. The van der Waals surface area contributed by atoms with E-state index in [-0.39, 0.29) is 5.69 Å². The van der Waals surface area contributed by atoms with Crippen LogP contribution in [0.4, 0.5) is 0 Å². The van der Waals surface area contributed by atoms with Gasteiger partial charge in [0.2, 0.25) is 0 Å². The Morgan fingerprint density at radius 3 is 2.67 bits per heavy atom. The normalized spacial score (nSPS) is 22.0. The second-order valence-electron chi connectivity index (χ2n) is 6.91. The quantitative estimate of drug-likeness (QED) is 0.504. The molecule has 7 heteroatoms. The smallest absolute Gasteiger partial charge is 0.329 e. The van der Waals surface area contributed by atoms with Gasteiger partial charge in [-0.3, -0.25) is 9.13 Å². The Bertz CT molecular complexity index is 835. The van der Waals surface area contributed by atoms with E-state index in [9.17, 15) is 4.79 Å². The van der Waals surface area contributed by atoms with Crippen LogP contribution in [0.1, 0.15) is 45.4 Å². The van der Waals surface area contributed by atoms with E-state index < -0.39 is 0 Å². The van der Waals surface area contributed by atoms with Crippen molar-refractivity contribution in [2.45, 2.75) is 50.6 Å². The minimum absolute atomic E-state index is 0.134. The topological polar surface area (TPSA) is 55.6 Å². The summed E-state index contributed by atoms with van der Waals surface area (Å²) in [6.07, 6.45) is 8.07. The summed E-state index contributed by atoms with van der Waals surface area (Å²) in [5.41, 5.74) is 1.30. The fourth-order valence-electron chi connectivity index (χ4n) is 3.60. The van der Waals surface area contributed by atoms with Crippen molar-refractivity contribution in [2.75, 3.05) is 5.75 Å². The number of hydrogen-bond donors (Lipinski definition) is 1. The fraction of sp³-hybridized carbons (Fsp3) is 0.706. The predicted molar refractivity (Wildman–Crippen MR) is 102 cm³/mol. The Morgan fingerprint density at radius 1 is 1.21 bits per heavy atom. The second-order valence-corrected chi connectivity index (χ2v) is 8.30. The number of hydrogen-bond acceptors (Lipinski definition) is 4.